The molecule has 0 aromatic carbocycles. The van der Waals surface area contributed by atoms with Gasteiger partial charge in [-0.05, 0) is 12.1 Å². The number of amides is 1. The number of halogens is 1. The summed E-state index contributed by atoms with van der Waals surface area (Å²) in [4.78, 5) is 11.9. The number of aliphatic hydroxyl groups excluding tert-OH is 1. The van der Waals surface area contributed by atoms with Crippen molar-refractivity contribution in [3.8, 4) is 0 Å². The molecular formula is C8H11ClN2O2S. The number of hydrogen-bond donors (Lipinski definition) is 3. The molecule has 1 aromatic rings. The molecule has 0 aliphatic heterocycles. The zero-order chi connectivity index (χ0) is 10.6. The highest BCUT2D eigenvalue weighted by atomic mass is 35.5. The fraction of sp³-hybridized carbons (Fsp3) is 0.375. The quantitative estimate of drug-likeness (QED) is 0.708. The Kier molecular flexibility index (Phi) is 4.34. The van der Waals surface area contributed by atoms with Gasteiger partial charge < -0.3 is 16.2 Å². The number of carbonyl (C=O) groups is 1. The minimum Gasteiger partial charge on any atom is -0.390 e. The summed E-state index contributed by atoms with van der Waals surface area (Å²) in [5.41, 5.74) is 5.18. The van der Waals surface area contributed by atoms with Crippen molar-refractivity contribution in [2.75, 3.05) is 13.1 Å². The van der Waals surface area contributed by atoms with Gasteiger partial charge in [-0.15, -0.1) is 11.3 Å². The van der Waals surface area contributed by atoms with E-state index in [2.05, 4.69) is 5.32 Å². The van der Waals surface area contributed by atoms with Crippen LogP contribution in [0.2, 0.25) is 4.34 Å². The second kappa shape index (κ2) is 5.31. The van der Waals surface area contributed by atoms with Crippen molar-refractivity contribution < 1.29 is 9.90 Å². The zero-order valence-electron chi connectivity index (χ0n) is 7.37. The normalized spacial score (nSPS) is 12.5. The lowest BCUT2D eigenvalue weighted by Gasteiger charge is -2.07. The van der Waals surface area contributed by atoms with Crippen LogP contribution in [0, 0.1) is 0 Å². The van der Waals surface area contributed by atoms with Gasteiger partial charge in [0.1, 0.15) is 0 Å². The predicted octanol–water partition coefficient (Wildman–Crippen LogP) is 0.451. The number of aliphatic hydroxyl groups is 1. The van der Waals surface area contributed by atoms with Gasteiger partial charge in [-0.1, -0.05) is 11.6 Å². The summed E-state index contributed by atoms with van der Waals surface area (Å²) in [5, 5.41) is 11.6. The Morgan fingerprint density at radius 3 is 2.93 bits per heavy atom. The number of nitrogens with one attached hydrogen (secondary N) is 1. The maximum Gasteiger partial charge on any atom is 0.261 e. The molecule has 1 aromatic heterocycles. The topological polar surface area (TPSA) is 75.3 Å². The van der Waals surface area contributed by atoms with Crippen molar-refractivity contribution in [2.24, 2.45) is 5.73 Å². The van der Waals surface area contributed by atoms with Gasteiger partial charge in [0.15, 0.2) is 0 Å². The monoisotopic (exact) mass is 234 g/mol. The van der Waals surface area contributed by atoms with Crippen LogP contribution in [-0.4, -0.2) is 30.2 Å². The van der Waals surface area contributed by atoms with E-state index in [1.807, 2.05) is 0 Å². The molecule has 0 saturated carbocycles. The van der Waals surface area contributed by atoms with E-state index in [1.165, 1.54) is 11.3 Å². The molecule has 1 atom stereocenters. The highest BCUT2D eigenvalue weighted by Gasteiger charge is 2.09. The molecule has 14 heavy (non-hydrogen) atoms. The third kappa shape index (κ3) is 3.26. The summed E-state index contributed by atoms with van der Waals surface area (Å²) in [6.07, 6.45) is -0.700. The van der Waals surface area contributed by atoms with Crippen LogP contribution in [0.3, 0.4) is 0 Å². The van der Waals surface area contributed by atoms with Gasteiger partial charge >= 0.3 is 0 Å². The summed E-state index contributed by atoms with van der Waals surface area (Å²) in [7, 11) is 0. The molecule has 0 radical (unpaired) electrons. The van der Waals surface area contributed by atoms with Crippen LogP contribution in [0.4, 0.5) is 0 Å². The molecule has 0 aliphatic carbocycles. The Morgan fingerprint density at radius 2 is 2.43 bits per heavy atom. The van der Waals surface area contributed by atoms with E-state index in [9.17, 15) is 4.79 Å². The van der Waals surface area contributed by atoms with E-state index in [-0.39, 0.29) is 19.0 Å². The molecular weight excluding hydrogens is 224 g/mol. The fourth-order valence-corrected chi connectivity index (χ4v) is 1.78. The number of rotatable bonds is 4. The van der Waals surface area contributed by atoms with Crippen molar-refractivity contribution in [1.29, 1.82) is 0 Å². The molecule has 0 saturated heterocycles. The van der Waals surface area contributed by atoms with Crippen LogP contribution in [-0.2, 0) is 0 Å². The van der Waals surface area contributed by atoms with Crippen molar-refractivity contribution >= 4 is 28.8 Å². The summed E-state index contributed by atoms with van der Waals surface area (Å²) >= 11 is 6.86. The first kappa shape index (κ1) is 11.5. The molecule has 6 heteroatoms. The molecule has 1 unspecified atom stereocenters. The third-order valence-electron chi connectivity index (χ3n) is 1.57. The zero-order valence-corrected chi connectivity index (χ0v) is 8.94. The first-order chi connectivity index (χ1) is 6.63. The highest BCUT2D eigenvalue weighted by molar-refractivity contribution is 7.17. The minimum absolute atomic E-state index is 0.130. The van der Waals surface area contributed by atoms with Gasteiger partial charge in [0.2, 0.25) is 0 Å². The average molecular weight is 235 g/mol. The second-order valence-electron chi connectivity index (χ2n) is 2.70. The van der Waals surface area contributed by atoms with Gasteiger partial charge in [-0.25, -0.2) is 0 Å². The Hall–Kier alpha value is -0.620. The number of thiophene rings is 1. The van der Waals surface area contributed by atoms with Gasteiger partial charge in [0, 0.05) is 13.1 Å². The van der Waals surface area contributed by atoms with E-state index in [0.717, 1.165) is 0 Å². The minimum atomic E-state index is -0.700. The van der Waals surface area contributed by atoms with Crippen molar-refractivity contribution in [1.82, 2.24) is 5.32 Å². The van der Waals surface area contributed by atoms with E-state index in [0.29, 0.717) is 9.21 Å². The van der Waals surface area contributed by atoms with Crippen molar-refractivity contribution in [3.63, 3.8) is 0 Å². The first-order valence-electron chi connectivity index (χ1n) is 4.05. The second-order valence-corrected chi connectivity index (χ2v) is 4.42. The largest absolute Gasteiger partial charge is 0.390 e. The molecule has 4 nitrogen and oxygen atoms in total. The van der Waals surface area contributed by atoms with Gasteiger partial charge in [-0.2, -0.15) is 0 Å². The van der Waals surface area contributed by atoms with Gasteiger partial charge in [0.05, 0.1) is 15.3 Å². The summed E-state index contributed by atoms with van der Waals surface area (Å²) in [6.45, 7) is 0.288. The molecule has 1 amide bonds. The van der Waals surface area contributed by atoms with Crippen LogP contribution in [0.15, 0.2) is 12.1 Å². The smallest absolute Gasteiger partial charge is 0.261 e. The number of nitrogens with two attached hydrogens (primary N) is 1. The molecule has 1 rings (SSSR count). The maximum atomic E-state index is 11.4. The number of hydrogen-bond acceptors (Lipinski definition) is 4. The third-order valence-corrected chi connectivity index (χ3v) is 2.80. The molecule has 0 fully saturated rings. The summed E-state index contributed by atoms with van der Waals surface area (Å²) in [6, 6.07) is 3.29. The van der Waals surface area contributed by atoms with Crippen LogP contribution in [0.5, 0.6) is 0 Å². The van der Waals surface area contributed by atoms with Crippen LogP contribution in [0.1, 0.15) is 9.67 Å². The Labute approximate surface area is 90.7 Å². The summed E-state index contributed by atoms with van der Waals surface area (Å²) < 4.78 is 0.564. The first-order valence-corrected chi connectivity index (χ1v) is 5.24. The lowest BCUT2D eigenvalue weighted by atomic mass is 10.3. The van der Waals surface area contributed by atoms with E-state index in [4.69, 9.17) is 22.4 Å². The molecule has 0 aliphatic rings. The predicted molar refractivity (Wildman–Crippen MR) is 56.7 cm³/mol. The molecule has 78 valence electrons. The van der Waals surface area contributed by atoms with Crippen LogP contribution >= 0.6 is 22.9 Å². The van der Waals surface area contributed by atoms with Crippen LogP contribution in [0.25, 0.3) is 0 Å². The standard InChI is InChI=1S/C8H11ClN2O2S/c9-7-2-1-6(14-7)8(13)11-4-5(12)3-10/h1-2,5,12H,3-4,10H2,(H,11,13). The lowest BCUT2D eigenvalue weighted by molar-refractivity contribution is 0.0924. The van der Waals surface area contributed by atoms with Crippen molar-refractivity contribution in [2.45, 2.75) is 6.10 Å². The molecule has 4 N–H and O–H groups in total. The lowest BCUT2D eigenvalue weighted by Crippen LogP contribution is -2.35. The fourth-order valence-electron chi connectivity index (χ4n) is 0.817. The molecule has 0 bridgehead atoms. The SMILES string of the molecule is NCC(O)CNC(=O)c1ccc(Cl)s1. The van der Waals surface area contributed by atoms with Gasteiger partial charge in [-0.3, -0.25) is 4.79 Å². The average Bonchev–Trinajstić information content (AvgIpc) is 2.60. The van der Waals surface area contributed by atoms with Crippen molar-refractivity contribution in [3.05, 3.63) is 21.3 Å². The Bertz CT molecular complexity index is 316. The Balaban J connectivity index is 2.43. The van der Waals surface area contributed by atoms with E-state index >= 15 is 0 Å². The van der Waals surface area contributed by atoms with E-state index < -0.39 is 6.10 Å². The van der Waals surface area contributed by atoms with E-state index in [1.54, 1.807) is 12.1 Å². The van der Waals surface area contributed by atoms with Gasteiger partial charge in [0.25, 0.3) is 5.91 Å². The Morgan fingerprint density at radius 1 is 1.71 bits per heavy atom. The van der Waals surface area contributed by atoms with Crippen LogP contribution < -0.4 is 11.1 Å². The molecule has 0 spiro atoms. The summed E-state index contributed by atoms with van der Waals surface area (Å²) in [5.74, 6) is -0.241. The molecule has 1 heterocycles. The number of carbonyl (C=O) groups excluding carboxylic acids is 1. The highest BCUT2D eigenvalue weighted by Crippen LogP contribution is 2.20. The maximum absolute atomic E-state index is 11.4.